The summed E-state index contributed by atoms with van der Waals surface area (Å²) in [5.41, 5.74) is 0.486. The fourth-order valence-corrected chi connectivity index (χ4v) is 1.03. The highest BCUT2D eigenvalue weighted by Gasteiger charge is 2.08. The van der Waals surface area contributed by atoms with Gasteiger partial charge in [0.05, 0.1) is 12.8 Å². The molecule has 0 heterocycles. The topological polar surface area (TPSA) is 75.6 Å². The first-order chi connectivity index (χ1) is 6.72. The highest BCUT2D eigenvalue weighted by Crippen LogP contribution is 2.31. The first-order valence-electron chi connectivity index (χ1n) is 3.79. The molecule has 1 aromatic rings. The normalized spacial score (nSPS) is 9.21. The minimum atomic E-state index is -0.137. The standard InChI is InChI=1S/C9H9NO4/c1-14-9-2-6(4-11)7(10-5-12)3-8(9)13/h2-5,13H,1H3,(H,10,12). The Bertz CT molecular complexity index is 362. The maximum Gasteiger partial charge on any atom is 0.211 e. The molecule has 0 saturated carbocycles. The van der Waals surface area contributed by atoms with Crippen molar-refractivity contribution >= 4 is 18.4 Å². The Labute approximate surface area is 80.3 Å². The van der Waals surface area contributed by atoms with Gasteiger partial charge in [-0.2, -0.15) is 0 Å². The van der Waals surface area contributed by atoms with Crippen LogP contribution in [0, 0.1) is 0 Å². The number of hydrogen-bond acceptors (Lipinski definition) is 4. The Morgan fingerprint density at radius 3 is 2.64 bits per heavy atom. The molecular weight excluding hydrogens is 186 g/mol. The summed E-state index contributed by atoms with van der Waals surface area (Å²) >= 11 is 0. The summed E-state index contributed by atoms with van der Waals surface area (Å²) in [5, 5.41) is 11.6. The van der Waals surface area contributed by atoms with Crippen molar-refractivity contribution < 1.29 is 19.4 Å². The van der Waals surface area contributed by atoms with Gasteiger partial charge >= 0.3 is 0 Å². The molecule has 1 aromatic carbocycles. The quantitative estimate of drug-likeness (QED) is 0.696. The van der Waals surface area contributed by atoms with E-state index in [-0.39, 0.29) is 22.7 Å². The molecule has 0 aliphatic rings. The van der Waals surface area contributed by atoms with E-state index in [1.165, 1.54) is 19.2 Å². The zero-order valence-corrected chi connectivity index (χ0v) is 7.48. The highest BCUT2D eigenvalue weighted by molar-refractivity contribution is 5.90. The lowest BCUT2D eigenvalue weighted by molar-refractivity contribution is -0.105. The fourth-order valence-electron chi connectivity index (χ4n) is 1.03. The van der Waals surface area contributed by atoms with Crippen molar-refractivity contribution in [2.45, 2.75) is 0 Å². The number of anilines is 1. The van der Waals surface area contributed by atoms with E-state index in [0.29, 0.717) is 12.7 Å². The van der Waals surface area contributed by atoms with Gasteiger partial charge in [-0.05, 0) is 6.07 Å². The largest absolute Gasteiger partial charge is 0.504 e. The number of benzene rings is 1. The summed E-state index contributed by atoms with van der Waals surface area (Å²) in [7, 11) is 1.37. The molecule has 0 spiro atoms. The van der Waals surface area contributed by atoms with Crippen LogP contribution in [0.3, 0.4) is 0 Å². The average Bonchev–Trinajstić information content (AvgIpc) is 2.19. The number of aromatic hydroxyl groups is 1. The van der Waals surface area contributed by atoms with E-state index in [4.69, 9.17) is 4.74 Å². The molecule has 14 heavy (non-hydrogen) atoms. The molecule has 0 aromatic heterocycles. The second-order valence-corrected chi connectivity index (χ2v) is 2.49. The summed E-state index contributed by atoms with van der Waals surface area (Å²) in [6, 6.07) is 2.59. The Kier molecular flexibility index (Phi) is 3.06. The molecule has 5 nitrogen and oxygen atoms in total. The third kappa shape index (κ3) is 1.82. The lowest BCUT2D eigenvalue weighted by Crippen LogP contribution is -1.99. The van der Waals surface area contributed by atoms with Gasteiger partial charge in [0.1, 0.15) is 0 Å². The molecule has 0 radical (unpaired) electrons. The molecule has 0 aliphatic carbocycles. The molecule has 0 atom stereocenters. The number of hydrogen-bond donors (Lipinski definition) is 2. The minimum absolute atomic E-state index is 0.137. The number of ether oxygens (including phenoxy) is 1. The number of rotatable bonds is 4. The van der Waals surface area contributed by atoms with E-state index in [2.05, 4.69) is 5.32 Å². The van der Waals surface area contributed by atoms with Crippen LogP contribution < -0.4 is 10.1 Å². The van der Waals surface area contributed by atoms with Crippen LogP contribution in [0.25, 0.3) is 0 Å². The number of carbonyl (C=O) groups excluding carboxylic acids is 2. The number of amides is 1. The first-order valence-corrected chi connectivity index (χ1v) is 3.79. The van der Waals surface area contributed by atoms with Crippen LogP contribution >= 0.6 is 0 Å². The number of methoxy groups -OCH3 is 1. The third-order valence-corrected chi connectivity index (χ3v) is 1.69. The van der Waals surface area contributed by atoms with Crippen LogP contribution in [0.15, 0.2) is 12.1 Å². The molecule has 74 valence electrons. The SMILES string of the molecule is COc1cc(C=O)c(NC=O)cc1O. The molecule has 0 unspecified atom stereocenters. The Morgan fingerprint density at radius 1 is 1.43 bits per heavy atom. The van der Waals surface area contributed by atoms with E-state index in [0.717, 1.165) is 0 Å². The van der Waals surface area contributed by atoms with Crippen LogP contribution in [0.5, 0.6) is 11.5 Å². The van der Waals surface area contributed by atoms with Gasteiger partial charge in [0.2, 0.25) is 6.41 Å². The third-order valence-electron chi connectivity index (χ3n) is 1.69. The average molecular weight is 195 g/mol. The van der Waals surface area contributed by atoms with Crippen LogP contribution in [-0.2, 0) is 4.79 Å². The first kappa shape index (κ1) is 10.0. The van der Waals surface area contributed by atoms with E-state index >= 15 is 0 Å². The summed E-state index contributed by atoms with van der Waals surface area (Å²) < 4.78 is 4.80. The maximum atomic E-state index is 10.6. The molecule has 0 fully saturated rings. The van der Waals surface area contributed by atoms with Gasteiger partial charge in [-0.3, -0.25) is 9.59 Å². The number of phenols is 1. The van der Waals surface area contributed by atoms with Crippen molar-refractivity contribution in [2.75, 3.05) is 12.4 Å². The van der Waals surface area contributed by atoms with Gasteiger partial charge in [0, 0.05) is 11.6 Å². The van der Waals surface area contributed by atoms with Crippen molar-refractivity contribution in [1.29, 1.82) is 0 Å². The molecule has 2 N–H and O–H groups in total. The summed E-state index contributed by atoms with van der Waals surface area (Å²) in [6.07, 6.45) is 0.988. The summed E-state index contributed by atoms with van der Waals surface area (Å²) in [5.74, 6) is 0.0472. The lowest BCUT2D eigenvalue weighted by atomic mass is 10.1. The molecule has 0 bridgehead atoms. The zero-order chi connectivity index (χ0) is 10.6. The van der Waals surface area contributed by atoms with Gasteiger partial charge in [0.15, 0.2) is 17.8 Å². The highest BCUT2D eigenvalue weighted by atomic mass is 16.5. The van der Waals surface area contributed by atoms with Crippen LogP contribution in [-0.4, -0.2) is 24.9 Å². The fraction of sp³-hybridized carbons (Fsp3) is 0.111. The van der Waals surface area contributed by atoms with Crippen molar-refractivity contribution in [1.82, 2.24) is 0 Å². The van der Waals surface area contributed by atoms with Crippen LogP contribution in [0.4, 0.5) is 5.69 Å². The second kappa shape index (κ2) is 4.27. The van der Waals surface area contributed by atoms with Crippen LogP contribution in [0.2, 0.25) is 0 Å². The van der Waals surface area contributed by atoms with Gasteiger partial charge in [-0.1, -0.05) is 0 Å². The maximum absolute atomic E-state index is 10.6. The molecule has 0 saturated heterocycles. The van der Waals surface area contributed by atoms with E-state index in [1.54, 1.807) is 0 Å². The molecule has 0 aliphatic heterocycles. The monoisotopic (exact) mass is 195 g/mol. The van der Waals surface area contributed by atoms with Gasteiger partial charge in [-0.15, -0.1) is 0 Å². The van der Waals surface area contributed by atoms with Crippen molar-refractivity contribution in [3.63, 3.8) is 0 Å². The number of aldehydes is 1. The van der Waals surface area contributed by atoms with Crippen molar-refractivity contribution in [3.05, 3.63) is 17.7 Å². The lowest BCUT2D eigenvalue weighted by Gasteiger charge is -2.07. The van der Waals surface area contributed by atoms with Crippen molar-refractivity contribution in [2.24, 2.45) is 0 Å². The second-order valence-electron chi connectivity index (χ2n) is 2.49. The zero-order valence-electron chi connectivity index (χ0n) is 7.48. The predicted molar refractivity (Wildman–Crippen MR) is 49.7 cm³/mol. The number of carbonyl (C=O) groups is 2. The number of phenolic OH excluding ortho intramolecular Hbond substituents is 1. The van der Waals surface area contributed by atoms with Crippen molar-refractivity contribution in [3.8, 4) is 11.5 Å². The Morgan fingerprint density at radius 2 is 2.14 bits per heavy atom. The summed E-state index contributed by atoms with van der Waals surface area (Å²) in [6.45, 7) is 0. The van der Waals surface area contributed by atoms with Gasteiger partial charge in [0.25, 0.3) is 0 Å². The van der Waals surface area contributed by atoms with E-state index in [9.17, 15) is 14.7 Å². The molecule has 1 amide bonds. The summed E-state index contributed by atoms with van der Waals surface area (Å²) in [4.78, 5) is 20.8. The molecular formula is C9H9NO4. The van der Waals surface area contributed by atoms with Gasteiger partial charge in [-0.25, -0.2) is 0 Å². The number of nitrogens with one attached hydrogen (secondary N) is 1. The van der Waals surface area contributed by atoms with E-state index in [1.807, 2.05) is 0 Å². The van der Waals surface area contributed by atoms with E-state index < -0.39 is 0 Å². The Balaban J connectivity index is 3.23. The van der Waals surface area contributed by atoms with Crippen LogP contribution in [0.1, 0.15) is 10.4 Å². The minimum Gasteiger partial charge on any atom is -0.504 e. The molecule has 1 rings (SSSR count). The van der Waals surface area contributed by atoms with Gasteiger partial charge < -0.3 is 15.2 Å². The smallest absolute Gasteiger partial charge is 0.211 e. The Hall–Kier alpha value is -2.04. The predicted octanol–water partition coefficient (Wildman–Crippen LogP) is 0.782. The molecule has 5 heteroatoms.